The van der Waals surface area contributed by atoms with Crippen molar-refractivity contribution in [2.45, 2.75) is 31.7 Å². The molecule has 0 atom stereocenters. The van der Waals surface area contributed by atoms with E-state index in [0.717, 1.165) is 17.0 Å². The van der Waals surface area contributed by atoms with Crippen molar-refractivity contribution >= 4 is 34.5 Å². The van der Waals surface area contributed by atoms with E-state index in [0.29, 0.717) is 27.4 Å². The lowest BCUT2D eigenvalue weighted by molar-refractivity contribution is 0.0831. The Morgan fingerprint density at radius 3 is 2.30 bits per heavy atom. The molecule has 0 unspecified atom stereocenters. The minimum atomic E-state index is -0.669. The van der Waals surface area contributed by atoms with Gasteiger partial charge in [-0.05, 0) is 50.6 Å². The van der Waals surface area contributed by atoms with Crippen LogP contribution in [0, 0.1) is 26.6 Å². The summed E-state index contributed by atoms with van der Waals surface area (Å²) >= 11 is 1.51. The van der Waals surface area contributed by atoms with Gasteiger partial charge in [0.1, 0.15) is 0 Å². The maximum Gasteiger partial charge on any atom is 0.305 e. The molecule has 2 aromatic heterocycles. The maximum atomic E-state index is 13.9. The third-order valence-corrected chi connectivity index (χ3v) is 5.88. The predicted octanol–water partition coefficient (Wildman–Crippen LogP) is 4.65. The van der Waals surface area contributed by atoms with Gasteiger partial charge in [-0.25, -0.2) is 14.4 Å². The number of halogens is 1. The zero-order chi connectivity index (χ0) is 23.5. The minimum absolute atomic E-state index is 0.00570. The van der Waals surface area contributed by atoms with Gasteiger partial charge in [-0.3, -0.25) is 20.4 Å². The lowest BCUT2D eigenvalue weighted by atomic mass is 10.1. The number of para-hydroxylation sites is 1. The Kier molecular flexibility index (Phi) is 6.41. The SMILES string of the molecule is Cc1cc(C)nc(SCc2ccc(C(=O)NNC(=O)c3oc4c(F)cccc4c3C)cc2)n1. The number of thioether (sulfide) groups is 1. The van der Waals surface area contributed by atoms with E-state index in [9.17, 15) is 14.0 Å². The molecule has 33 heavy (non-hydrogen) atoms. The van der Waals surface area contributed by atoms with E-state index in [2.05, 4.69) is 20.8 Å². The Balaban J connectivity index is 1.35. The van der Waals surface area contributed by atoms with E-state index in [-0.39, 0.29) is 11.3 Å². The number of hydrazine groups is 1. The van der Waals surface area contributed by atoms with E-state index in [1.54, 1.807) is 31.2 Å². The molecule has 168 valence electrons. The van der Waals surface area contributed by atoms with E-state index in [4.69, 9.17) is 4.42 Å². The van der Waals surface area contributed by atoms with Crippen LogP contribution in [0.3, 0.4) is 0 Å². The van der Waals surface area contributed by atoms with Crippen LogP contribution in [0.25, 0.3) is 11.0 Å². The van der Waals surface area contributed by atoms with Crippen molar-refractivity contribution in [3.63, 3.8) is 0 Å². The Bertz CT molecular complexity index is 1330. The largest absolute Gasteiger partial charge is 0.447 e. The highest BCUT2D eigenvalue weighted by atomic mass is 32.2. The number of nitrogens with one attached hydrogen (secondary N) is 2. The summed E-state index contributed by atoms with van der Waals surface area (Å²) in [6, 6.07) is 13.4. The van der Waals surface area contributed by atoms with Crippen LogP contribution in [-0.4, -0.2) is 21.8 Å². The van der Waals surface area contributed by atoms with Gasteiger partial charge in [0.15, 0.2) is 22.3 Å². The summed E-state index contributed by atoms with van der Waals surface area (Å²) in [5.41, 5.74) is 8.38. The molecule has 4 aromatic rings. The van der Waals surface area contributed by atoms with Crippen molar-refractivity contribution in [2.24, 2.45) is 0 Å². The zero-order valence-electron chi connectivity index (χ0n) is 18.2. The van der Waals surface area contributed by atoms with Crippen molar-refractivity contribution in [3.05, 3.63) is 88.2 Å². The lowest BCUT2D eigenvalue weighted by Crippen LogP contribution is -2.41. The van der Waals surface area contributed by atoms with Crippen LogP contribution in [0.15, 0.2) is 58.1 Å². The van der Waals surface area contributed by atoms with Gasteiger partial charge in [0, 0.05) is 33.7 Å². The van der Waals surface area contributed by atoms with Crippen LogP contribution in [-0.2, 0) is 5.75 Å². The van der Waals surface area contributed by atoms with Gasteiger partial charge in [0.25, 0.3) is 5.91 Å². The van der Waals surface area contributed by atoms with Crippen molar-refractivity contribution in [1.82, 2.24) is 20.8 Å². The molecule has 0 aliphatic carbocycles. The van der Waals surface area contributed by atoms with E-state index < -0.39 is 17.6 Å². The second-order valence-electron chi connectivity index (χ2n) is 7.50. The highest BCUT2D eigenvalue weighted by Gasteiger charge is 2.20. The highest BCUT2D eigenvalue weighted by Crippen LogP contribution is 2.27. The first-order valence-electron chi connectivity index (χ1n) is 10.1. The Labute approximate surface area is 193 Å². The van der Waals surface area contributed by atoms with Gasteiger partial charge in [0.2, 0.25) is 0 Å². The quantitative estimate of drug-likeness (QED) is 0.253. The number of hydrogen-bond acceptors (Lipinski definition) is 6. The van der Waals surface area contributed by atoms with E-state index in [1.807, 2.05) is 32.0 Å². The number of hydrogen-bond donors (Lipinski definition) is 2. The van der Waals surface area contributed by atoms with E-state index in [1.165, 1.54) is 17.8 Å². The molecular formula is C24H21FN4O3S. The molecule has 0 bridgehead atoms. The van der Waals surface area contributed by atoms with Crippen molar-refractivity contribution in [2.75, 3.05) is 0 Å². The molecule has 0 saturated carbocycles. The third kappa shape index (κ3) is 5.04. The van der Waals surface area contributed by atoms with Crippen LogP contribution in [0.5, 0.6) is 0 Å². The molecule has 0 aliphatic heterocycles. The molecule has 0 saturated heterocycles. The molecule has 0 fully saturated rings. The van der Waals surface area contributed by atoms with Gasteiger partial charge in [-0.2, -0.15) is 0 Å². The number of aromatic nitrogens is 2. The number of aryl methyl sites for hydroxylation is 3. The molecule has 4 rings (SSSR count). The number of nitrogens with zero attached hydrogens (tertiary/aromatic N) is 2. The molecule has 0 aliphatic rings. The summed E-state index contributed by atoms with van der Waals surface area (Å²) in [4.78, 5) is 33.7. The number of fused-ring (bicyclic) bond motifs is 1. The predicted molar refractivity (Wildman–Crippen MR) is 123 cm³/mol. The fourth-order valence-corrected chi connectivity index (χ4v) is 4.23. The Morgan fingerprint density at radius 1 is 0.970 bits per heavy atom. The average Bonchev–Trinajstić information content (AvgIpc) is 3.13. The molecular weight excluding hydrogens is 443 g/mol. The second-order valence-corrected chi connectivity index (χ2v) is 8.44. The first kappa shape index (κ1) is 22.5. The molecule has 0 radical (unpaired) electrons. The van der Waals surface area contributed by atoms with Gasteiger partial charge >= 0.3 is 5.91 Å². The molecule has 2 aromatic carbocycles. The number of amides is 2. The summed E-state index contributed by atoms with van der Waals surface area (Å²) in [5.74, 6) is -1.11. The molecule has 9 heteroatoms. The third-order valence-electron chi connectivity index (χ3n) is 4.96. The normalized spacial score (nSPS) is 10.9. The number of benzene rings is 2. The molecule has 0 spiro atoms. The average molecular weight is 465 g/mol. The lowest BCUT2D eigenvalue weighted by Gasteiger charge is -2.07. The summed E-state index contributed by atoms with van der Waals surface area (Å²) in [6.07, 6.45) is 0. The van der Waals surface area contributed by atoms with E-state index >= 15 is 0 Å². The van der Waals surface area contributed by atoms with Crippen LogP contribution in [0.1, 0.15) is 43.4 Å². The zero-order valence-corrected chi connectivity index (χ0v) is 19.0. The number of carbonyl (C=O) groups excluding carboxylic acids is 2. The Hall–Kier alpha value is -3.72. The van der Waals surface area contributed by atoms with Crippen molar-refractivity contribution < 1.29 is 18.4 Å². The minimum Gasteiger partial charge on any atom is -0.447 e. The van der Waals surface area contributed by atoms with Crippen LogP contribution >= 0.6 is 11.8 Å². The summed E-state index contributed by atoms with van der Waals surface area (Å²) < 4.78 is 19.3. The monoisotopic (exact) mass is 464 g/mol. The standard InChI is InChI=1S/C24H21FN4O3S/c1-13-11-14(2)27-24(26-13)33-12-16-7-9-17(10-8-16)22(30)28-29-23(31)20-15(3)18-5-4-6-19(25)21(18)32-20/h4-11H,12H2,1-3H3,(H,28,30)(H,29,31). The van der Waals surface area contributed by atoms with Crippen LogP contribution in [0.4, 0.5) is 4.39 Å². The fourth-order valence-electron chi connectivity index (χ4n) is 3.33. The summed E-state index contributed by atoms with van der Waals surface area (Å²) in [5, 5.41) is 1.21. The molecule has 2 N–H and O–H groups in total. The van der Waals surface area contributed by atoms with Gasteiger partial charge < -0.3 is 4.42 Å². The number of furan rings is 1. The topological polar surface area (TPSA) is 97.1 Å². The van der Waals surface area contributed by atoms with Gasteiger partial charge in [-0.15, -0.1) is 0 Å². The van der Waals surface area contributed by atoms with Crippen molar-refractivity contribution in [3.8, 4) is 0 Å². The molecule has 2 heterocycles. The van der Waals surface area contributed by atoms with Crippen LogP contribution < -0.4 is 10.9 Å². The number of rotatable bonds is 5. The second kappa shape index (κ2) is 9.41. The smallest absolute Gasteiger partial charge is 0.305 e. The Morgan fingerprint density at radius 2 is 1.64 bits per heavy atom. The van der Waals surface area contributed by atoms with Gasteiger partial charge in [-0.1, -0.05) is 36.0 Å². The fraction of sp³-hybridized carbons (Fsp3) is 0.167. The maximum absolute atomic E-state index is 13.9. The van der Waals surface area contributed by atoms with Crippen LogP contribution in [0.2, 0.25) is 0 Å². The summed E-state index contributed by atoms with van der Waals surface area (Å²) in [6.45, 7) is 5.51. The highest BCUT2D eigenvalue weighted by molar-refractivity contribution is 7.98. The first-order chi connectivity index (χ1) is 15.8. The summed E-state index contributed by atoms with van der Waals surface area (Å²) in [7, 11) is 0. The molecule has 7 nitrogen and oxygen atoms in total. The van der Waals surface area contributed by atoms with Gasteiger partial charge in [0.05, 0.1) is 0 Å². The first-order valence-corrected chi connectivity index (χ1v) is 11.1. The molecule has 2 amide bonds. The van der Waals surface area contributed by atoms with Crippen molar-refractivity contribution in [1.29, 1.82) is 0 Å². The number of carbonyl (C=O) groups is 2.